The molecule has 0 fully saturated rings. The maximum atomic E-state index is 13.4. The van der Waals surface area contributed by atoms with Crippen LogP contribution in [0.2, 0.25) is 0 Å². The van der Waals surface area contributed by atoms with Crippen LogP contribution in [-0.4, -0.2) is 24.5 Å². The first-order valence-electron chi connectivity index (χ1n) is 7.13. The highest BCUT2D eigenvalue weighted by Gasteiger charge is 2.21. The van der Waals surface area contributed by atoms with Gasteiger partial charge in [0.2, 0.25) is 0 Å². The molecule has 0 saturated carbocycles. The highest BCUT2D eigenvalue weighted by Crippen LogP contribution is 2.22. The molecular weight excluding hydrogens is 239 g/mol. The Kier molecular flexibility index (Phi) is 6.46. The maximum absolute atomic E-state index is 13.4. The molecule has 0 aliphatic heterocycles. The molecule has 1 aromatic carbocycles. The lowest BCUT2D eigenvalue weighted by atomic mass is 10.0. The standard InChI is InChI=1S/C16H27FN2/c1-12(2)10-19(11-13(3)4)16(9-18)14-6-5-7-15(17)8-14/h5-8,12-13,16H,9-11,18H2,1-4H3. The van der Waals surface area contributed by atoms with Crippen molar-refractivity contribution in [1.29, 1.82) is 0 Å². The summed E-state index contributed by atoms with van der Waals surface area (Å²) in [6.45, 7) is 11.3. The number of benzene rings is 1. The van der Waals surface area contributed by atoms with Crippen LogP contribution >= 0.6 is 0 Å². The van der Waals surface area contributed by atoms with E-state index in [1.165, 1.54) is 6.07 Å². The molecule has 0 aliphatic carbocycles. The molecule has 3 heteroatoms. The Morgan fingerprint density at radius 3 is 2.11 bits per heavy atom. The number of halogens is 1. The van der Waals surface area contributed by atoms with Gasteiger partial charge in [0.25, 0.3) is 0 Å². The lowest BCUT2D eigenvalue weighted by Crippen LogP contribution is -2.38. The topological polar surface area (TPSA) is 29.3 Å². The summed E-state index contributed by atoms with van der Waals surface area (Å²) in [6, 6.07) is 6.91. The Bertz CT molecular complexity index is 367. The van der Waals surface area contributed by atoms with E-state index in [0.29, 0.717) is 18.4 Å². The van der Waals surface area contributed by atoms with Crippen molar-refractivity contribution >= 4 is 0 Å². The molecule has 2 N–H and O–H groups in total. The monoisotopic (exact) mass is 266 g/mol. The molecule has 0 bridgehead atoms. The zero-order valence-electron chi connectivity index (χ0n) is 12.6. The van der Waals surface area contributed by atoms with E-state index in [-0.39, 0.29) is 11.9 Å². The van der Waals surface area contributed by atoms with Crippen molar-refractivity contribution in [1.82, 2.24) is 4.90 Å². The Balaban J connectivity index is 2.94. The Labute approximate surface area is 116 Å². The van der Waals surface area contributed by atoms with Crippen molar-refractivity contribution in [2.75, 3.05) is 19.6 Å². The molecular formula is C16H27FN2. The molecule has 1 atom stereocenters. The summed E-state index contributed by atoms with van der Waals surface area (Å²) < 4.78 is 13.4. The lowest BCUT2D eigenvalue weighted by Gasteiger charge is -2.34. The first kappa shape index (κ1) is 16.1. The number of nitrogens with zero attached hydrogens (tertiary/aromatic N) is 1. The average Bonchev–Trinajstić information content (AvgIpc) is 2.28. The summed E-state index contributed by atoms with van der Waals surface area (Å²) >= 11 is 0. The molecule has 1 rings (SSSR count). The fraction of sp³-hybridized carbons (Fsp3) is 0.625. The molecule has 0 radical (unpaired) electrons. The van der Waals surface area contributed by atoms with Crippen molar-refractivity contribution in [3.05, 3.63) is 35.6 Å². The number of hydrogen-bond acceptors (Lipinski definition) is 2. The molecule has 0 aromatic heterocycles. The lowest BCUT2D eigenvalue weighted by molar-refractivity contribution is 0.160. The van der Waals surface area contributed by atoms with E-state index in [0.717, 1.165) is 18.7 Å². The van der Waals surface area contributed by atoms with Gasteiger partial charge in [-0.05, 0) is 29.5 Å². The van der Waals surface area contributed by atoms with Gasteiger partial charge >= 0.3 is 0 Å². The van der Waals surface area contributed by atoms with Crippen molar-refractivity contribution in [2.24, 2.45) is 17.6 Å². The molecule has 0 saturated heterocycles. The Hall–Kier alpha value is -0.930. The van der Waals surface area contributed by atoms with Crippen molar-refractivity contribution in [3.8, 4) is 0 Å². The fourth-order valence-corrected chi connectivity index (χ4v) is 2.48. The first-order chi connectivity index (χ1) is 8.93. The Morgan fingerprint density at radius 2 is 1.68 bits per heavy atom. The van der Waals surface area contributed by atoms with Crippen LogP contribution in [-0.2, 0) is 0 Å². The molecule has 1 unspecified atom stereocenters. The van der Waals surface area contributed by atoms with Crippen molar-refractivity contribution < 1.29 is 4.39 Å². The fourth-order valence-electron chi connectivity index (χ4n) is 2.48. The van der Waals surface area contributed by atoms with Gasteiger partial charge in [0.15, 0.2) is 0 Å². The minimum absolute atomic E-state index is 0.0977. The predicted molar refractivity (Wildman–Crippen MR) is 79.4 cm³/mol. The quantitative estimate of drug-likeness (QED) is 0.819. The van der Waals surface area contributed by atoms with E-state index in [1.54, 1.807) is 12.1 Å². The second-order valence-electron chi connectivity index (χ2n) is 6.05. The van der Waals surface area contributed by atoms with Crippen LogP contribution in [0, 0.1) is 17.7 Å². The van der Waals surface area contributed by atoms with Gasteiger partial charge in [-0.3, -0.25) is 4.90 Å². The second-order valence-corrected chi connectivity index (χ2v) is 6.05. The van der Waals surface area contributed by atoms with Crippen molar-refractivity contribution in [3.63, 3.8) is 0 Å². The van der Waals surface area contributed by atoms with Crippen LogP contribution < -0.4 is 5.73 Å². The average molecular weight is 266 g/mol. The molecule has 19 heavy (non-hydrogen) atoms. The second kappa shape index (κ2) is 7.61. The van der Waals surface area contributed by atoms with Gasteiger partial charge in [-0.15, -0.1) is 0 Å². The summed E-state index contributed by atoms with van der Waals surface area (Å²) in [7, 11) is 0. The van der Waals surface area contributed by atoms with Gasteiger partial charge in [-0.1, -0.05) is 39.8 Å². The summed E-state index contributed by atoms with van der Waals surface area (Å²) in [6.07, 6.45) is 0. The van der Waals surface area contributed by atoms with E-state index in [1.807, 2.05) is 6.07 Å². The molecule has 2 nitrogen and oxygen atoms in total. The zero-order chi connectivity index (χ0) is 14.4. The van der Waals surface area contributed by atoms with Crippen LogP contribution in [0.4, 0.5) is 4.39 Å². The molecule has 0 spiro atoms. The third-order valence-corrected chi connectivity index (χ3v) is 3.10. The van der Waals surface area contributed by atoms with Gasteiger partial charge in [-0.2, -0.15) is 0 Å². The predicted octanol–water partition coefficient (Wildman–Crippen LogP) is 3.44. The Morgan fingerprint density at radius 1 is 1.11 bits per heavy atom. The van der Waals surface area contributed by atoms with E-state index in [2.05, 4.69) is 32.6 Å². The highest BCUT2D eigenvalue weighted by molar-refractivity contribution is 5.20. The summed E-state index contributed by atoms with van der Waals surface area (Å²) in [5.74, 6) is 0.952. The normalized spacial score (nSPS) is 13.5. The van der Waals surface area contributed by atoms with Crippen LogP contribution in [0.5, 0.6) is 0 Å². The van der Waals surface area contributed by atoms with Crippen LogP contribution in [0.3, 0.4) is 0 Å². The smallest absolute Gasteiger partial charge is 0.123 e. The van der Waals surface area contributed by atoms with E-state index in [4.69, 9.17) is 5.73 Å². The van der Waals surface area contributed by atoms with E-state index >= 15 is 0 Å². The SMILES string of the molecule is CC(C)CN(CC(C)C)C(CN)c1cccc(F)c1. The zero-order valence-corrected chi connectivity index (χ0v) is 12.6. The largest absolute Gasteiger partial charge is 0.329 e. The van der Waals surface area contributed by atoms with Gasteiger partial charge < -0.3 is 5.73 Å². The summed E-state index contributed by atoms with van der Waals surface area (Å²) in [5, 5.41) is 0. The molecule has 0 amide bonds. The minimum Gasteiger partial charge on any atom is -0.329 e. The molecule has 1 aromatic rings. The van der Waals surface area contributed by atoms with Crippen LogP contribution in [0.15, 0.2) is 24.3 Å². The minimum atomic E-state index is -0.190. The third-order valence-electron chi connectivity index (χ3n) is 3.10. The molecule has 108 valence electrons. The van der Waals surface area contributed by atoms with E-state index < -0.39 is 0 Å². The highest BCUT2D eigenvalue weighted by atomic mass is 19.1. The number of rotatable bonds is 7. The summed E-state index contributed by atoms with van der Waals surface area (Å²) in [4.78, 5) is 2.38. The third kappa shape index (κ3) is 5.29. The van der Waals surface area contributed by atoms with Gasteiger partial charge in [0.1, 0.15) is 5.82 Å². The first-order valence-corrected chi connectivity index (χ1v) is 7.13. The molecule has 0 heterocycles. The van der Waals surface area contributed by atoms with E-state index in [9.17, 15) is 4.39 Å². The van der Waals surface area contributed by atoms with Crippen LogP contribution in [0.25, 0.3) is 0 Å². The van der Waals surface area contributed by atoms with Gasteiger partial charge in [0, 0.05) is 25.7 Å². The number of nitrogens with two attached hydrogens (primary N) is 1. The summed E-state index contributed by atoms with van der Waals surface area (Å²) in [5.41, 5.74) is 6.92. The van der Waals surface area contributed by atoms with Gasteiger partial charge in [0.05, 0.1) is 0 Å². The maximum Gasteiger partial charge on any atom is 0.123 e. The number of hydrogen-bond donors (Lipinski definition) is 1. The van der Waals surface area contributed by atoms with Gasteiger partial charge in [-0.25, -0.2) is 4.39 Å². The molecule has 0 aliphatic rings. The van der Waals surface area contributed by atoms with Crippen molar-refractivity contribution in [2.45, 2.75) is 33.7 Å². The van der Waals surface area contributed by atoms with Crippen LogP contribution in [0.1, 0.15) is 39.3 Å².